The van der Waals surface area contributed by atoms with Crippen LogP contribution in [0.2, 0.25) is 0 Å². The lowest BCUT2D eigenvalue weighted by Crippen LogP contribution is -2.35. The second-order valence-electron chi connectivity index (χ2n) is 4.59. The lowest BCUT2D eigenvalue weighted by atomic mass is 10.2. The van der Waals surface area contributed by atoms with Gasteiger partial charge in [-0.25, -0.2) is 0 Å². The van der Waals surface area contributed by atoms with Crippen molar-refractivity contribution in [3.8, 4) is 0 Å². The monoisotopic (exact) mass is 238 g/mol. The molecule has 0 aliphatic heterocycles. The third kappa shape index (κ3) is 5.89. The quantitative estimate of drug-likeness (QED) is 0.717. The highest BCUT2D eigenvalue weighted by atomic mass is 16.3. The standard InChI is InChI=1S/C14H26N2O/c1-4-7-13(3)15-9-10-16(5-2)12-14-8-6-11-17-14/h6,8,11,13,15H,4-5,7,9-10,12H2,1-3H3. The van der Waals surface area contributed by atoms with Crippen LogP contribution < -0.4 is 5.32 Å². The molecule has 1 atom stereocenters. The molecule has 3 heteroatoms. The van der Waals surface area contributed by atoms with Crippen LogP contribution in [0.25, 0.3) is 0 Å². The van der Waals surface area contributed by atoms with E-state index in [1.807, 2.05) is 12.1 Å². The molecule has 0 saturated heterocycles. The minimum absolute atomic E-state index is 0.627. The first-order valence-corrected chi connectivity index (χ1v) is 6.74. The number of rotatable bonds is 9. The van der Waals surface area contributed by atoms with Crippen molar-refractivity contribution in [3.63, 3.8) is 0 Å². The highest BCUT2D eigenvalue weighted by molar-refractivity contribution is 4.97. The molecule has 0 aromatic carbocycles. The van der Waals surface area contributed by atoms with Crippen LogP contribution >= 0.6 is 0 Å². The van der Waals surface area contributed by atoms with Crippen LogP contribution in [0.5, 0.6) is 0 Å². The molecule has 0 spiro atoms. The maximum absolute atomic E-state index is 5.37. The predicted octanol–water partition coefficient (Wildman–Crippen LogP) is 2.88. The Labute approximate surface area is 105 Å². The molecular weight excluding hydrogens is 212 g/mol. The van der Waals surface area contributed by atoms with Gasteiger partial charge in [0, 0.05) is 19.1 Å². The first-order valence-electron chi connectivity index (χ1n) is 6.74. The van der Waals surface area contributed by atoms with Crippen molar-refractivity contribution in [1.82, 2.24) is 10.2 Å². The Morgan fingerprint density at radius 1 is 1.41 bits per heavy atom. The maximum atomic E-state index is 5.37. The van der Waals surface area contributed by atoms with Gasteiger partial charge >= 0.3 is 0 Å². The fourth-order valence-electron chi connectivity index (χ4n) is 1.98. The van der Waals surface area contributed by atoms with Crippen LogP contribution in [0.3, 0.4) is 0 Å². The summed E-state index contributed by atoms with van der Waals surface area (Å²) in [5, 5.41) is 3.56. The maximum Gasteiger partial charge on any atom is 0.117 e. The number of hydrogen-bond donors (Lipinski definition) is 1. The van der Waals surface area contributed by atoms with Gasteiger partial charge in [0.05, 0.1) is 12.8 Å². The number of nitrogens with one attached hydrogen (secondary N) is 1. The average molecular weight is 238 g/mol. The zero-order chi connectivity index (χ0) is 12.5. The van der Waals surface area contributed by atoms with Gasteiger partial charge in [-0.15, -0.1) is 0 Å². The van der Waals surface area contributed by atoms with Gasteiger partial charge in [-0.1, -0.05) is 20.3 Å². The smallest absolute Gasteiger partial charge is 0.117 e. The molecular formula is C14H26N2O. The van der Waals surface area contributed by atoms with Crippen molar-refractivity contribution < 1.29 is 4.42 Å². The van der Waals surface area contributed by atoms with E-state index < -0.39 is 0 Å². The van der Waals surface area contributed by atoms with E-state index in [1.54, 1.807) is 6.26 Å². The zero-order valence-electron chi connectivity index (χ0n) is 11.4. The van der Waals surface area contributed by atoms with E-state index in [9.17, 15) is 0 Å². The Balaban J connectivity index is 2.18. The van der Waals surface area contributed by atoms with Crippen LogP contribution in [0, 0.1) is 0 Å². The van der Waals surface area contributed by atoms with E-state index >= 15 is 0 Å². The van der Waals surface area contributed by atoms with Gasteiger partial charge in [0.15, 0.2) is 0 Å². The molecule has 0 bridgehead atoms. The van der Waals surface area contributed by atoms with Crippen molar-refractivity contribution in [2.24, 2.45) is 0 Å². The lowest BCUT2D eigenvalue weighted by Gasteiger charge is -2.21. The van der Waals surface area contributed by atoms with Crippen LogP contribution in [0.15, 0.2) is 22.8 Å². The third-order valence-corrected chi connectivity index (χ3v) is 3.05. The molecule has 0 saturated carbocycles. The van der Waals surface area contributed by atoms with Crippen LogP contribution in [-0.4, -0.2) is 30.6 Å². The van der Waals surface area contributed by atoms with Crippen molar-refractivity contribution in [3.05, 3.63) is 24.2 Å². The predicted molar refractivity (Wildman–Crippen MR) is 72.0 cm³/mol. The van der Waals surface area contributed by atoms with Crippen molar-refractivity contribution in [2.75, 3.05) is 19.6 Å². The summed E-state index contributed by atoms with van der Waals surface area (Å²) in [6.45, 7) is 10.8. The zero-order valence-corrected chi connectivity index (χ0v) is 11.4. The van der Waals surface area contributed by atoms with E-state index in [2.05, 4.69) is 31.0 Å². The van der Waals surface area contributed by atoms with Gasteiger partial charge in [0.2, 0.25) is 0 Å². The molecule has 0 radical (unpaired) electrons. The summed E-state index contributed by atoms with van der Waals surface area (Å²) in [6, 6.07) is 4.61. The molecule has 0 aliphatic rings. The largest absolute Gasteiger partial charge is 0.468 e. The molecule has 0 aliphatic carbocycles. The number of hydrogen-bond acceptors (Lipinski definition) is 3. The van der Waals surface area contributed by atoms with E-state index in [4.69, 9.17) is 4.42 Å². The SMILES string of the molecule is CCCC(C)NCCN(CC)Cc1ccco1. The summed E-state index contributed by atoms with van der Waals surface area (Å²) < 4.78 is 5.37. The lowest BCUT2D eigenvalue weighted by molar-refractivity contribution is 0.252. The molecule has 3 nitrogen and oxygen atoms in total. The minimum atomic E-state index is 0.627. The van der Waals surface area contributed by atoms with Gasteiger partial charge in [-0.2, -0.15) is 0 Å². The second-order valence-corrected chi connectivity index (χ2v) is 4.59. The summed E-state index contributed by atoms with van der Waals surface area (Å²) in [4.78, 5) is 2.39. The molecule has 1 unspecified atom stereocenters. The molecule has 1 rings (SSSR count). The van der Waals surface area contributed by atoms with Gasteiger partial charge in [0.25, 0.3) is 0 Å². The average Bonchev–Trinajstić information content (AvgIpc) is 2.81. The third-order valence-electron chi connectivity index (χ3n) is 3.05. The molecule has 0 amide bonds. The van der Waals surface area contributed by atoms with Gasteiger partial charge in [0.1, 0.15) is 5.76 Å². The van der Waals surface area contributed by atoms with E-state index in [0.717, 1.165) is 31.9 Å². The van der Waals surface area contributed by atoms with Gasteiger partial charge in [-0.05, 0) is 32.0 Å². The Morgan fingerprint density at radius 3 is 2.82 bits per heavy atom. The fraction of sp³-hybridized carbons (Fsp3) is 0.714. The fourth-order valence-corrected chi connectivity index (χ4v) is 1.98. The summed E-state index contributed by atoms with van der Waals surface area (Å²) in [6.07, 6.45) is 4.24. The first kappa shape index (κ1) is 14.3. The molecule has 0 fully saturated rings. The van der Waals surface area contributed by atoms with Crippen molar-refractivity contribution in [2.45, 2.75) is 46.2 Å². The van der Waals surface area contributed by atoms with Crippen LogP contribution in [0.1, 0.15) is 39.4 Å². The molecule has 17 heavy (non-hydrogen) atoms. The second kappa shape index (κ2) is 8.31. The molecule has 98 valence electrons. The molecule has 1 aromatic rings. The van der Waals surface area contributed by atoms with E-state index in [1.165, 1.54) is 12.8 Å². The Bertz CT molecular complexity index is 272. The Morgan fingerprint density at radius 2 is 2.24 bits per heavy atom. The van der Waals surface area contributed by atoms with Crippen LogP contribution in [0.4, 0.5) is 0 Å². The van der Waals surface area contributed by atoms with Crippen LogP contribution in [-0.2, 0) is 6.54 Å². The van der Waals surface area contributed by atoms with Gasteiger partial charge in [-0.3, -0.25) is 4.90 Å². The number of likely N-dealkylation sites (N-methyl/N-ethyl adjacent to an activating group) is 1. The van der Waals surface area contributed by atoms with Crippen molar-refractivity contribution >= 4 is 0 Å². The minimum Gasteiger partial charge on any atom is -0.468 e. The highest BCUT2D eigenvalue weighted by Gasteiger charge is 2.06. The topological polar surface area (TPSA) is 28.4 Å². The normalized spacial score (nSPS) is 13.2. The van der Waals surface area contributed by atoms with E-state index in [0.29, 0.717) is 6.04 Å². The van der Waals surface area contributed by atoms with Crippen molar-refractivity contribution in [1.29, 1.82) is 0 Å². The summed E-state index contributed by atoms with van der Waals surface area (Å²) >= 11 is 0. The molecule has 1 N–H and O–H groups in total. The Hall–Kier alpha value is -0.800. The Kier molecular flexibility index (Phi) is 6.97. The summed E-state index contributed by atoms with van der Waals surface area (Å²) in [5.41, 5.74) is 0. The highest BCUT2D eigenvalue weighted by Crippen LogP contribution is 2.04. The molecule has 1 aromatic heterocycles. The first-order chi connectivity index (χ1) is 8.26. The number of furan rings is 1. The van der Waals surface area contributed by atoms with E-state index in [-0.39, 0.29) is 0 Å². The van der Waals surface area contributed by atoms with Gasteiger partial charge < -0.3 is 9.73 Å². The number of nitrogens with zero attached hydrogens (tertiary/aromatic N) is 1. The summed E-state index contributed by atoms with van der Waals surface area (Å²) in [5.74, 6) is 1.05. The molecule has 1 heterocycles. The summed E-state index contributed by atoms with van der Waals surface area (Å²) in [7, 11) is 0.